The number of hydrogen-bond acceptors (Lipinski definition) is 1. The van der Waals surface area contributed by atoms with Crippen molar-refractivity contribution >= 4 is 0 Å². The van der Waals surface area contributed by atoms with Crippen molar-refractivity contribution in [2.75, 3.05) is 0 Å². The van der Waals surface area contributed by atoms with Gasteiger partial charge in [0.2, 0.25) is 0 Å². The zero-order valence-electron chi connectivity index (χ0n) is 14.9. The Hall–Kier alpha value is -1.12. The quantitative estimate of drug-likeness (QED) is 0.630. The molecule has 122 valence electrons. The number of hydrogen-bond donors (Lipinski definition) is 0. The van der Waals surface area contributed by atoms with Gasteiger partial charge in [0, 0.05) is 5.56 Å². The lowest BCUT2D eigenvalue weighted by molar-refractivity contribution is -0.0513. The smallest absolute Gasteiger partial charge is 0.387 e. The summed E-state index contributed by atoms with van der Waals surface area (Å²) in [6, 6.07) is 3.93. The minimum atomic E-state index is -2.79. The zero-order chi connectivity index (χ0) is 17.0. The van der Waals surface area contributed by atoms with Crippen LogP contribution >= 0.6 is 0 Å². The third kappa shape index (κ3) is 5.64. The number of halogens is 2. The van der Waals surface area contributed by atoms with Gasteiger partial charge in [0.25, 0.3) is 0 Å². The Bertz CT molecular complexity index is 452. The lowest BCUT2D eigenvalue weighted by atomic mass is 9.79. The summed E-state index contributed by atoms with van der Waals surface area (Å²) < 4.78 is 29.9. The van der Waals surface area contributed by atoms with Gasteiger partial charge in [0.05, 0.1) is 0 Å². The first-order valence-electron chi connectivity index (χ1n) is 7.53. The molecule has 1 rings (SSSR count). The van der Waals surface area contributed by atoms with Crippen molar-refractivity contribution in [3.05, 3.63) is 28.8 Å². The molecule has 1 aromatic carbocycles. The molecule has 0 aliphatic heterocycles. The number of benzene rings is 1. The Morgan fingerprint density at radius 3 is 1.71 bits per heavy atom. The highest BCUT2D eigenvalue weighted by molar-refractivity contribution is 5.49. The van der Waals surface area contributed by atoms with Crippen LogP contribution in [0, 0.1) is 6.92 Å². The molecule has 0 saturated heterocycles. The molecule has 0 aromatic heterocycles. The molecule has 0 amide bonds. The van der Waals surface area contributed by atoms with Gasteiger partial charge in [-0.15, -0.1) is 0 Å². The molecule has 0 unspecified atom stereocenters. The van der Waals surface area contributed by atoms with Gasteiger partial charge in [0.15, 0.2) is 0 Å². The lowest BCUT2D eigenvalue weighted by Crippen LogP contribution is -2.19. The lowest BCUT2D eigenvalue weighted by Gasteiger charge is -2.28. The minimum absolute atomic E-state index is 0.0197. The van der Waals surface area contributed by atoms with E-state index in [1.165, 1.54) is 0 Å². The molecule has 0 bridgehead atoms. The van der Waals surface area contributed by atoms with Crippen LogP contribution < -0.4 is 4.74 Å². The highest BCUT2D eigenvalue weighted by atomic mass is 19.3. The van der Waals surface area contributed by atoms with Gasteiger partial charge in [-0.05, 0) is 28.9 Å². The summed E-state index contributed by atoms with van der Waals surface area (Å²) in [6.45, 7) is 15.4. The van der Waals surface area contributed by atoms with Crippen molar-refractivity contribution in [1.29, 1.82) is 0 Å². The highest BCUT2D eigenvalue weighted by Gasteiger charge is 2.26. The van der Waals surface area contributed by atoms with Crippen LogP contribution in [-0.4, -0.2) is 6.61 Å². The Balaban J connectivity index is 0.00000191. The average molecular weight is 300 g/mol. The van der Waals surface area contributed by atoms with Crippen LogP contribution in [0.1, 0.15) is 72.1 Å². The number of alkyl halides is 2. The molecule has 0 heterocycles. The van der Waals surface area contributed by atoms with E-state index in [1.54, 1.807) is 0 Å². The maximum atomic E-state index is 12.6. The van der Waals surface area contributed by atoms with E-state index >= 15 is 0 Å². The molecular formula is C18H30F2O. The second kappa shape index (κ2) is 7.24. The normalized spacial score (nSPS) is 12.0. The van der Waals surface area contributed by atoms with Crippen molar-refractivity contribution < 1.29 is 13.5 Å². The summed E-state index contributed by atoms with van der Waals surface area (Å²) in [5.74, 6) is 0.315. The first kappa shape index (κ1) is 19.9. The van der Waals surface area contributed by atoms with E-state index in [1.807, 2.05) is 53.7 Å². The fraction of sp³-hybridized carbons (Fsp3) is 0.667. The molecule has 21 heavy (non-hydrogen) atoms. The molecule has 0 fully saturated rings. The van der Waals surface area contributed by atoms with Gasteiger partial charge >= 0.3 is 6.61 Å². The van der Waals surface area contributed by atoms with E-state index in [-0.39, 0.29) is 10.8 Å². The summed E-state index contributed by atoms with van der Waals surface area (Å²) in [4.78, 5) is 0. The van der Waals surface area contributed by atoms with Gasteiger partial charge in [-0.2, -0.15) is 8.78 Å². The Morgan fingerprint density at radius 2 is 1.38 bits per heavy atom. The van der Waals surface area contributed by atoms with E-state index in [0.717, 1.165) is 16.7 Å². The molecule has 0 atom stereocenters. The fourth-order valence-electron chi connectivity index (χ4n) is 2.01. The first-order chi connectivity index (χ1) is 9.43. The van der Waals surface area contributed by atoms with Gasteiger partial charge in [-0.3, -0.25) is 0 Å². The molecule has 0 aliphatic carbocycles. The molecule has 1 nitrogen and oxygen atoms in total. The van der Waals surface area contributed by atoms with Crippen molar-refractivity contribution in [2.45, 2.75) is 79.8 Å². The summed E-state index contributed by atoms with van der Waals surface area (Å²) in [5, 5.41) is 0. The zero-order valence-corrected chi connectivity index (χ0v) is 14.9. The Labute approximate surface area is 128 Å². The van der Waals surface area contributed by atoms with Gasteiger partial charge in [-0.25, -0.2) is 0 Å². The summed E-state index contributed by atoms with van der Waals surface area (Å²) in [6.07, 6.45) is 0. The predicted molar refractivity (Wildman–Crippen MR) is 86.6 cm³/mol. The van der Waals surface area contributed by atoms with Crippen molar-refractivity contribution in [2.24, 2.45) is 0 Å². The van der Waals surface area contributed by atoms with Gasteiger partial charge in [-0.1, -0.05) is 67.5 Å². The van der Waals surface area contributed by atoms with E-state index in [0.29, 0.717) is 5.75 Å². The monoisotopic (exact) mass is 300 g/mol. The first-order valence-corrected chi connectivity index (χ1v) is 7.53. The summed E-state index contributed by atoms with van der Waals surface area (Å²) >= 11 is 0. The van der Waals surface area contributed by atoms with Crippen LogP contribution in [0.25, 0.3) is 0 Å². The summed E-state index contributed by atoms with van der Waals surface area (Å²) in [7, 11) is 0. The molecular weight excluding hydrogens is 270 g/mol. The van der Waals surface area contributed by atoms with Crippen LogP contribution in [0.4, 0.5) is 8.78 Å². The van der Waals surface area contributed by atoms with Crippen molar-refractivity contribution in [3.8, 4) is 5.75 Å². The van der Waals surface area contributed by atoms with E-state index < -0.39 is 6.61 Å². The third-order valence-corrected chi connectivity index (χ3v) is 3.16. The van der Waals surface area contributed by atoms with E-state index in [4.69, 9.17) is 4.74 Å². The molecule has 0 radical (unpaired) electrons. The Kier molecular flexibility index (Phi) is 6.85. The predicted octanol–water partition coefficient (Wildman–Crippen LogP) is 6.22. The fourth-order valence-corrected chi connectivity index (χ4v) is 2.01. The topological polar surface area (TPSA) is 9.23 Å². The Morgan fingerprint density at radius 1 is 0.905 bits per heavy atom. The van der Waals surface area contributed by atoms with Crippen molar-refractivity contribution in [1.82, 2.24) is 0 Å². The van der Waals surface area contributed by atoms with E-state index in [9.17, 15) is 8.78 Å². The highest BCUT2D eigenvalue weighted by Crippen LogP contribution is 2.38. The van der Waals surface area contributed by atoms with Crippen LogP contribution in [0.2, 0.25) is 0 Å². The standard InChI is InChI=1S/C16H24F2O.C2H6/c1-10-8-11(15(2,3)4)9-12(16(5,6)7)13(10)19-14(17)18;1-2/h8-9,14H,1-7H3;1-2H3. The largest absolute Gasteiger partial charge is 0.434 e. The molecule has 0 N–H and O–H groups in total. The summed E-state index contributed by atoms with van der Waals surface area (Å²) in [5.41, 5.74) is 2.47. The molecule has 3 heteroatoms. The molecule has 1 aromatic rings. The second-order valence-electron chi connectivity index (χ2n) is 7.05. The molecule has 0 saturated carbocycles. The third-order valence-electron chi connectivity index (χ3n) is 3.16. The van der Waals surface area contributed by atoms with E-state index in [2.05, 4.69) is 20.8 Å². The van der Waals surface area contributed by atoms with Gasteiger partial charge in [0.1, 0.15) is 5.75 Å². The SMILES string of the molecule is CC.Cc1cc(C(C)(C)C)cc(C(C)(C)C)c1OC(F)F. The number of rotatable bonds is 2. The van der Waals surface area contributed by atoms with Gasteiger partial charge < -0.3 is 4.74 Å². The van der Waals surface area contributed by atoms with Crippen LogP contribution in [0.15, 0.2) is 12.1 Å². The number of ether oxygens (including phenoxy) is 1. The minimum Gasteiger partial charge on any atom is -0.434 e. The maximum Gasteiger partial charge on any atom is 0.387 e. The van der Waals surface area contributed by atoms with Crippen LogP contribution in [0.3, 0.4) is 0 Å². The molecule has 0 spiro atoms. The number of aryl methyl sites for hydroxylation is 1. The van der Waals surface area contributed by atoms with Crippen LogP contribution in [0.5, 0.6) is 5.75 Å². The molecule has 0 aliphatic rings. The van der Waals surface area contributed by atoms with Crippen LogP contribution in [-0.2, 0) is 10.8 Å². The van der Waals surface area contributed by atoms with Crippen molar-refractivity contribution in [3.63, 3.8) is 0 Å². The second-order valence-corrected chi connectivity index (χ2v) is 7.05. The maximum absolute atomic E-state index is 12.6. The average Bonchev–Trinajstić information content (AvgIpc) is 2.30.